The van der Waals surface area contributed by atoms with Crippen molar-refractivity contribution in [3.05, 3.63) is 23.8 Å². The standard InChI is InChI=1S/C12H11F3O5.C3H8O/c1-7(16)18-6-9-5-10(20-12(13,14)15)3-4-11(9)19-8(2)17;1-3(2)4/h3-5H,6H2,1-2H3;3-4H,1-2H3. The van der Waals surface area contributed by atoms with Crippen LogP contribution in [0.1, 0.15) is 33.3 Å². The van der Waals surface area contributed by atoms with Crippen molar-refractivity contribution >= 4 is 11.9 Å². The van der Waals surface area contributed by atoms with Gasteiger partial charge in [0.25, 0.3) is 0 Å². The Morgan fingerprint density at radius 3 is 2.12 bits per heavy atom. The first-order chi connectivity index (χ1) is 10.9. The van der Waals surface area contributed by atoms with E-state index >= 15 is 0 Å². The molecule has 24 heavy (non-hydrogen) atoms. The Hall–Kier alpha value is -2.29. The predicted octanol–water partition coefficient (Wildman–Crippen LogP) is 2.96. The molecule has 0 aliphatic rings. The highest BCUT2D eigenvalue weighted by molar-refractivity contribution is 5.70. The van der Waals surface area contributed by atoms with E-state index in [-0.39, 0.29) is 24.0 Å². The molecule has 6 nitrogen and oxygen atoms in total. The average Bonchev–Trinajstić information content (AvgIpc) is 2.35. The van der Waals surface area contributed by atoms with E-state index in [1.165, 1.54) is 0 Å². The lowest BCUT2D eigenvalue weighted by Crippen LogP contribution is -2.17. The fraction of sp³-hybridized carbons (Fsp3) is 0.467. The van der Waals surface area contributed by atoms with E-state index in [0.29, 0.717) is 0 Å². The zero-order valence-corrected chi connectivity index (χ0v) is 13.6. The van der Waals surface area contributed by atoms with Crippen LogP contribution in [-0.4, -0.2) is 29.5 Å². The third kappa shape index (κ3) is 11.3. The molecule has 0 spiro atoms. The van der Waals surface area contributed by atoms with Crippen molar-refractivity contribution in [2.75, 3.05) is 0 Å². The maximum atomic E-state index is 12.1. The van der Waals surface area contributed by atoms with Crippen LogP contribution in [0.15, 0.2) is 18.2 Å². The molecule has 1 aromatic carbocycles. The normalized spacial score (nSPS) is 10.5. The molecule has 0 radical (unpaired) electrons. The molecule has 1 N–H and O–H groups in total. The van der Waals surface area contributed by atoms with E-state index < -0.39 is 24.1 Å². The van der Waals surface area contributed by atoms with Gasteiger partial charge in [0, 0.05) is 25.5 Å². The summed E-state index contributed by atoms with van der Waals surface area (Å²) in [6.45, 7) is 5.38. The van der Waals surface area contributed by atoms with Crippen molar-refractivity contribution in [2.24, 2.45) is 0 Å². The van der Waals surface area contributed by atoms with E-state index in [0.717, 1.165) is 32.0 Å². The van der Waals surface area contributed by atoms with E-state index in [1.807, 2.05) is 0 Å². The molecule has 0 saturated carbocycles. The van der Waals surface area contributed by atoms with Crippen molar-refractivity contribution in [3.63, 3.8) is 0 Å². The van der Waals surface area contributed by atoms with Crippen LogP contribution in [0.3, 0.4) is 0 Å². The molecule has 9 heteroatoms. The smallest absolute Gasteiger partial charge is 0.461 e. The van der Waals surface area contributed by atoms with Gasteiger partial charge in [-0.1, -0.05) is 0 Å². The van der Waals surface area contributed by atoms with Crippen molar-refractivity contribution in [2.45, 2.75) is 46.8 Å². The molecule has 0 fully saturated rings. The molecule has 136 valence electrons. The Morgan fingerprint density at radius 1 is 1.17 bits per heavy atom. The number of carbonyl (C=O) groups excluding carboxylic acids is 2. The number of esters is 2. The number of ether oxygens (including phenoxy) is 3. The molecule has 0 unspecified atom stereocenters. The number of aliphatic hydroxyl groups is 1. The van der Waals surface area contributed by atoms with Crippen LogP contribution >= 0.6 is 0 Å². The van der Waals surface area contributed by atoms with Crippen LogP contribution in [0.4, 0.5) is 13.2 Å². The first-order valence-corrected chi connectivity index (χ1v) is 6.79. The molecule has 0 aromatic heterocycles. The Kier molecular flexibility index (Phi) is 8.83. The van der Waals surface area contributed by atoms with Gasteiger partial charge in [0.2, 0.25) is 0 Å². The van der Waals surface area contributed by atoms with Gasteiger partial charge in [-0.2, -0.15) is 0 Å². The molecule has 1 rings (SSSR count). The van der Waals surface area contributed by atoms with Gasteiger partial charge in [-0.05, 0) is 32.0 Å². The lowest BCUT2D eigenvalue weighted by atomic mass is 10.2. The van der Waals surface area contributed by atoms with Crippen LogP contribution in [0, 0.1) is 0 Å². The van der Waals surface area contributed by atoms with E-state index in [4.69, 9.17) is 9.84 Å². The summed E-state index contributed by atoms with van der Waals surface area (Å²) in [5.74, 6) is -1.79. The minimum absolute atomic E-state index is 0.00623. The highest BCUT2D eigenvalue weighted by Gasteiger charge is 2.31. The van der Waals surface area contributed by atoms with Gasteiger partial charge in [-0.25, -0.2) is 0 Å². The fourth-order valence-electron chi connectivity index (χ4n) is 1.30. The highest BCUT2D eigenvalue weighted by atomic mass is 19.4. The third-order valence-electron chi connectivity index (χ3n) is 1.95. The number of aliphatic hydroxyl groups excluding tert-OH is 1. The summed E-state index contributed by atoms with van der Waals surface area (Å²) in [5, 5.41) is 8.06. The number of benzene rings is 1. The molecular weight excluding hydrogens is 333 g/mol. The van der Waals surface area contributed by atoms with Crippen LogP contribution < -0.4 is 9.47 Å². The Bertz CT molecular complexity index is 552. The summed E-state index contributed by atoms with van der Waals surface area (Å²) < 4.78 is 49.5. The maximum absolute atomic E-state index is 12.1. The van der Waals surface area contributed by atoms with Gasteiger partial charge in [0.1, 0.15) is 18.1 Å². The molecule has 0 saturated heterocycles. The first kappa shape index (κ1) is 21.7. The number of hydrogen-bond donors (Lipinski definition) is 1. The summed E-state index contributed by atoms with van der Waals surface area (Å²) in [7, 11) is 0. The van der Waals surface area contributed by atoms with Gasteiger partial charge in [-0.3, -0.25) is 9.59 Å². The lowest BCUT2D eigenvalue weighted by molar-refractivity contribution is -0.274. The first-order valence-electron chi connectivity index (χ1n) is 6.79. The monoisotopic (exact) mass is 352 g/mol. The molecule has 1 aromatic rings. The zero-order valence-electron chi connectivity index (χ0n) is 13.6. The second-order valence-electron chi connectivity index (χ2n) is 4.78. The topological polar surface area (TPSA) is 82.1 Å². The number of halogens is 3. The van der Waals surface area contributed by atoms with Crippen molar-refractivity contribution in [1.82, 2.24) is 0 Å². The molecule has 0 atom stereocenters. The molecule has 0 heterocycles. The van der Waals surface area contributed by atoms with Crippen molar-refractivity contribution in [3.8, 4) is 11.5 Å². The number of carbonyl (C=O) groups is 2. The number of hydrogen-bond acceptors (Lipinski definition) is 6. The summed E-state index contributed by atoms with van der Waals surface area (Å²) >= 11 is 0. The molecule has 0 bridgehead atoms. The highest BCUT2D eigenvalue weighted by Crippen LogP contribution is 2.29. The summed E-state index contributed by atoms with van der Waals surface area (Å²) in [6, 6.07) is 3.10. The van der Waals surface area contributed by atoms with Crippen LogP contribution in [0.25, 0.3) is 0 Å². The molecule has 0 aliphatic heterocycles. The maximum Gasteiger partial charge on any atom is 0.573 e. The SMILES string of the molecule is CC(=O)OCc1cc(OC(F)(F)F)ccc1OC(C)=O.CC(C)O. The van der Waals surface area contributed by atoms with Crippen LogP contribution in [-0.2, 0) is 20.9 Å². The second-order valence-corrected chi connectivity index (χ2v) is 4.78. The van der Waals surface area contributed by atoms with Gasteiger partial charge in [-0.15, -0.1) is 13.2 Å². The van der Waals surface area contributed by atoms with Crippen molar-refractivity contribution < 1.29 is 42.1 Å². The van der Waals surface area contributed by atoms with Gasteiger partial charge < -0.3 is 19.3 Å². The van der Waals surface area contributed by atoms with Gasteiger partial charge in [0.05, 0.1) is 0 Å². The van der Waals surface area contributed by atoms with Gasteiger partial charge >= 0.3 is 18.3 Å². The number of alkyl halides is 3. The van der Waals surface area contributed by atoms with Crippen LogP contribution in [0.2, 0.25) is 0 Å². The Labute approximate surface area is 137 Å². The number of rotatable bonds is 4. The van der Waals surface area contributed by atoms with E-state index in [9.17, 15) is 22.8 Å². The van der Waals surface area contributed by atoms with Crippen molar-refractivity contribution in [1.29, 1.82) is 0 Å². The average molecular weight is 352 g/mol. The Balaban J connectivity index is 0.00000118. The second kappa shape index (κ2) is 9.76. The van der Waals surface area contributed by atoms with Crippen LogP contribution in [0.5, 0.6) is 11.5 Å². The zero-order chi connectivity index (χ0) is 18.9. The summed E-state index contributed by atoms with van der Waals surface area (Å²) in [4.78, 5) is 21.6. The minimum atomic E-state index is -4.85. The lowest BCUT2D eigenvalue weighted by Gasteiger charge is -2.13. The van der Waals surface area contributed by atoms with E-state index in [2.05, 4.69) is 9.47 Å². The quantitative estimate of drug-likeness (QED) is 0.663. The minimum Gasteiger partial charge on any atom is -0.461 e. The largest absolute Gasteiger partial charge is 0.573 e. The third-order valence-corrected chi connectivity index (χ3v) is 1.95. The summed E-state index contributed by atoms with van der Waals surface area (Å²) in [5.41, 5.74) is 0.0807. The van der Waals surface area contributed by atoms with Gasteiger partial charge in [0.15, 0.2) is 0 Å². The van der Waals surface area contributed by atoms with E-state index in [1.54, 1.807) is 13.8 Å². The molecular formula is C15H19F3O6. The predicted molar refractivity (Wildman–Crippen MR) is 77.3 cm³/mol. The summed E-state index contributed by atoms with van der Waals surface area (Å²) in [6.07, 6.45) is -5.01. The fourth-order valence-corrected chi connectivity index (χ4v) is 1.30. The molecule has 0 amide bonds. The Morgan fingerprint density at radius 2 is 1.71 bits per heavy atom. The molecule has 0 aliphatic carbocycles.